The van der Waals surface area contributed by atoms with Crippen LogP contribution in [0, 0.1) is 11.8 Å². The summed E-state index contributed by atoms with van der Waals surface area (Å²) in [4.78, 5) is 22.1. The number of ketones is 1. The van der Waals surface area contributed by atoms with E-state index in [4.69, 9.17) is 5.11 Å². The summed E-state index contributed by atoms with van der Waals surface area (Å²) in [5.74, 6) is 0.594. The van der Waals surface area contributed by atoms with E-state index < -0.39 is 5.60 Å². The molecule has 136 valence electrons. The van der Waals surface area contributed by atoms with E-state index >= 15 is 0 Å². The van der Waals surface area contributed by atoms with E-state index in [1.165, 1.54) is 18.0 Å². The van der Waals surface area contributed by atoms with E-state index in [0.717, 1.165) is 25.9 Å². The first-order chi connectivity index (χ1) is 12.5. The van der Waals surface area contributed by atoms with Crippen LogP contribution >= 0.6 is 0 Å². The van der Waals surface area contributed by atoms with Gasteiger partial charge in [0.1, 0.15) is 5.69 Å². The number of carbonyl (C=O) groups is 1. The molecule has 1 aliphatic heterocycles. The van der Waals surface area contributed by atoms with Crippen molar-refractivity contribution in [1.82, 2.24) is 14.9 Å². The Morgan fingerprint density at radius 3 is 2.42 bits per heavy atom. The fourth-order valence-electron chi connectivity index (χ4n) is 4.56. The highest BCUT2D eigenvalue weighted by molar-refractivity contribution is 5.95. The molecule has 6 nitrogen and oxygen atoms in total. The Morgan fingerprint density at radius 2 is 1.81 bits per heavy atom. The van der Waals surface area contributed by atoms with Crippen molar-refractivity contribution in [3.05, 3.63) is 54.0 Å². The number of nitrogens with zero attached hydrogens (tertiary/aromatic N) is 3. The van der Waals surface area contributed by atoms with E-state index in [-0.39, 0.29) is 17.4 Å². The number of aliphatic hydroxyl groups is 1. The first-order valence-corrected chi connectivity index (χ1v) is 9.04. The zero-order valence-electron chi connectivity index (χ0n) is 14.6. The molecule has 1 saturated heterocycles. The Morgan fingerprint density at radius 1 is 1.12 bits per heavy atom. The molecule has 0 amide bonds. The maximum Gasteiger partial charge on any atom is 0.229 e. The molecule has 4 rings (SSSR count). The van der Waals surface area contributed by atoms with Crippen LogP contribution in [0.3, 0.4) is 0 Å². The number of aromatic nitrogens is 2. The topological polar surface area (TPSA) is 86.6 Å². The van der Waals surface area contributed by atoms with Gasteiger partial charge in [0.15, 0.2) is 5.78 Å². The second-order valence-electron chi connectivity index (χ2n) is 7.69. The fourth-order valence-corrected chi connectivity index (χ4v) is 4.56. The molecule has 0 spiro atoms. The third-order valence-corrected chi connectivity index (χ3v) is 5.60. The maximum atomic E-state index is 12.3. The quantitative estimate of drug-likeness (QED) is 0.796. The molecule has 1 aromatic heterocycles. The number of hydrogen-bond donors (Lipinski definition) is 2. The first kappa shape index (κ1) is 17.1. The molecule has 0 radical (unpaired) electrons. The Bertz CT molecular complexity index is 765. The van der Waals surface area contributed by atoms with E-state index in [1.807, 2.05) is 18.2 Å². The summed E-state index contributed by atoms with van der Waals surface area (Å²) in [5.41, 5.74) is 0.822. The molecule has 2 aromatic rings. The summed E-state index contributed by atoms with van der Waals surface area (Å²) in [5, 5.41) is 20.2. The molecule has 1 aromatic carbocycles. The van der Waals surface area contributed by atoms with Crippen LogP contribution in [0.15, 0.2) is 42.7 Å². The highest BCUT2D eigenvalue weighted by atomic mass is 16.3. The summed E-state index contributed by atoms with van der Waals surface area (Å²) >= 11 is 0. The van der Waals surface area contributed by atoms with Gasteiger partial charge in [0, 0.05) is 19.5 Å². The molecule has 6 heteroatoms. The summed E-state index contributed by atoms with van der Waals surface area (Å²) in [6, 6.07) is 10.1. The van der Waals surface area contributed by atoms with Crippen molar-refractivity contribution < 1.29 is 15.0 Å². The summed E-state index contributed by atoms with van der Waals surface area (Å²) in [6.45, 7) is 1.97. The molecule has 2 N–H and O–H groups in total. The van der Waals surface area contributed by atoms with Crippen LogP contribution in [-0.2, 0) is 6.42 Å². The lowest BCUT2D eigenvalue weighted by atomic mass is 9.91. The zero-order chi connectivity index (χ0) is 18.1. The van der Waals surface area contributed by atoms with Gasteiger partial charge in [-0.2, -0.15) is 0 Å². The Balaban J connectivity index is 1.33. The summed E-state index contributed by atoms with van der Waals surface area (Å²) in [6.07, 6.45) is 4.78. The summed E-state index contributed by atoms with van der Waals surface area (Å²) in [7, 11) is 0. The molecule has 2 heterocycles. The normalized spacial score (nSPS) is 28.2. The van der Waals surface area contributed by atoms with Crippen molar-refractivity contribution >= 4 is 5.78 Å². The van der Waals surface area contributed by atoms with Gasteiger partial charge in [0.25, 0.3) is 0 Å². The molecule has 0 unspecified atom stereocenters. The zero-order valence-corrected chi connectivity index (χ0v) is 14.6. The number of hydrogen-bond acceptors (Lipinski definition) is 6. The minimum Gasteiger partial charge on any atom is -0.492 e. The van der Waals surface area contributed by atoms with E-state index in [2.05, 4.69) is 27.0 Å². The predicted octanol–water partition coefficient (Wildman–Crippen LogP) is 1.68. The largest absolute Gasteiger partial charge is 0.492 e. The van der Waals surface area contributed by atoms with Crippen molar-refractivity contribution in [2.75, 3.05) is 19.6 Å². The minimum atomic E-state index is -0.630. The van der Waals surface area contributed by atoms with Crippen molar-refractivity contribution in [3.63, 3.8) is 0 Å². The SMILES string of the molecule is O=C(CN1C[C@@H]2C[C@@](O)(Cc3ccccc3)C[C@@H]2C1)c1cnc(O)cn1. The Hall–Kier alpha value is -2.31. The number of carbonyl (C=O) groups excluding carboxylic acids is 1. The number of Topliss-reactive ketones (excluding diaryl/α,β-unsaturated/α-hetero) is 1. The Labute approximate surface area is 152 Å². The van der Waals surface area contributed by atoms with Crippen LogP contribution in [-0.4, -0.2) is 56.1 Å². The van der Waals surface area contributed by atoms with Gasteiger partial charge in [0.05, 0.1) is 24.5 Å². The van der Waals surface area contributed by atoms with E-state index in [9.17, 15) is 9.90 Å². The highest BCUT2D eigenvalue weighted by Gasteiger charge is 2.48. The predicted molar refractivity (Wildman–Crippen MR) is 95.8 cm³/mol. The molecule has 26 heavy (non-hydrogen) atoms. The van der Waals surface area contributed by atoms with Crippen molar-refractivity contribution in [2.24, 2.45) is 11.8 Å². The monoisotopic (exact) mass is 353 g/mol. The smallest absolute Gasteiger partial charge is 0.229 e. The van der Waals surface area contributed by atoms with Crippen molar-refractivity contribution in [3.8, 4) is 5.88 Å². The van der Waals surface area contributed by atoms with Gasteiger partial charge in [-0.15, -0.1) is 0 Å². The van der Waals surface area contributed by atoms with Gasteiger partial charge in [-0.3, -0.25) is 9.69 Å². The molecule has 0 bridgehead atoms. The second kappa shape index (κ2) is 6.78. The standard InChI is InChI=1S/C20H23N3O3/c24-18(17-9-22-19(25)10-21-17)13-23-11-15-7-20(26,8-16(15)12-23)6-14-4-2-1-3-5-14/h1-5,9-10,15-16,26H,6-8,11-13H2,(H,22,25)/t15-,16+,20-. The lowest BCUT2D eigenvalue weighted by Crippen LogP contribution is -2.34. The van der Waals surface area contributed by atoms with E-state index in [0.29, 0.717) is 24.8 Å². The van der Waals surface area contributed by atoms with Crippen molar-refractivity contribution in [2.45, 2.75) is 24.9 Å². The van der Waals surface area contributed by atoms with Crippen LogP contribution in [0.5, 0.6) is 5.88 Å². The van der Waals surface area contributed by atoms with Gasteiger partial charge in [-0.1, -0.05) is 30.3 Å². The van der Waals surface area contributed by atoms with Crippen molar-refractivity contribution in [1.29, 1.82) is 0 Å². The first-order valence-electron chi connectivity index (χ1n) is 9.04. The van der Waals surface area contributed by atoms with Crippen LogP contribution < -0.4 is 0 Å². The third kappa shape index (κ3) is 3.61. The highest BCUT2D eigenvalue weighted by Crippen LogP contribution is 2.45. The average molecular weight is 353 g/mol. The molecular formula is C20H23N3O3. The molecule has 1 saturated carbocycles. The van der Waals surface area contributed by atoms with Gasteiger partial charge >= 0.3 is 0 Å². The molecule has 2 aliphatic rings. The second-order valence-corrected chi connectivity index (χ2v) is 7.69. The summed E-state index contributed by atoms with van der Waals surface area (Å²) < 4.78 is 0. The van der Waals surface area contributed by atoms with Gasteiger partial charge < -0.3 is 10.2 Å². The molecular weight excluding hydrogens is 330 g/mol. The average Bonchev–Trinajstić information content (AvgIpc) is 3.10. The number of benzene rings is 1. The number of fused-ring (bicyclic) bond motifs is 1. The maximum absolute atomic E-state index is 12.3. The van der Waals surface area contributed by atoms with Crippen LogP contribution in [0.4, 0.5) is 0 Å². The van der Waals surface area contributed by atoms with Crippen LogP contribution in [0.2, 0.25) is 0 Å². The minimum absolute atomic E-state index is 0.0861. The lowest BCUT2D eigenvalue weighted by Gasteiger charge is -2.26. The number of rotatable bonds is 5. The number of aromatic hydroxyl groups is 1. The third-order valence-electron chi connectivity index (χ3n) is 5.60. The van der Waals surface area contributed by atoms with Gasteiger partial charge in [-0.25, -0.2) is 9.97 Å². The fraction of sp³-hybridized carbons (Fsp3) is 0.450. The molecule has 1 aliphatic carbocycles. The number of likely N-dealkylation sites (tertiary alicyclic amines) is 1. The van der Waals surface area contributed by atoms with Gasteiger partial charge in [0.2, 0.25) is 5.88 Å². The van der Waals surface area contributed by atoms with Crippen LogP contribution in [0.25, 0.3) is 0 Å². The van der Waals surface area contributed by atoms with E-state index in [1.54, 1.807) is 0 Å². The van der Waals surface area contributed by atoms with Gasteiger partial charge in [-0.05, 0) is 30.2 Å². The lowest BCUT2D eigenvalue weighted by molar-refractivity contribution is 0.0355. The van der Waals surface area contributed by atoms with Crippen LogP contribution in [0.1, 0.15) is 28.9 Å². The Kier molecular flexibility index (Phi) is 4.46. The molecule has 2 fully saturated rings. The molecule has 3 atom stereocenters.